The number of benzene rings is 1. The fourth-order valence-corrected chi connectivity index (χ4v) is 3.19. The number of rotatable bonds is 1. The van der Waals surface area contributed by atoms with Gasteiger partial charge in [-0.25, -0.2) is 0 Å². The number of hydrogen-bond donors (Lipinski definition) is 2. The highest BCUT2D eigenvalue weighted by molar-refractivity contribution is 6.32. The predicted octanol–water partition coefficient (Wildman–Crippen LogP) is 1.35. The van der Waals surface area contributed by atoms with Crippen molar-refractivity contribution >= 4 is 17.7 Å². The molecule has 0 unspecified atom stereocenters. The second kappa shape index (κ2) is 4.45. The summed E-state index contributed by atoms with van der Waals surface area (Å²) >= 11 is 6.16. The second-order valence-electron chi connectivity index (χ2n) is 5.01. The Morgan fingerprint density at radius 2 is 1.94 bits per heavy atom. The molecule has 3 saturated heterocycles. The van der Waals surface area contributed by atoms with Gasteiger partial charge in [-0.1, -0.05) is 29.8 Å². The third-order valence-electron chi connectivity index (χ3n) is 4.02. The normalized spacial score (nSPS) is 34.2. The lowest BCUT2D eigenvalue weighted by Crippen LogP contribution is -3.14. The van der Waals surface area contributed by atoms with Crippen molar-refractivity contribution in [1.29, 1.82) is 0 Å². The second-order valence-corrected chi connectivity index (χ2v) is 5.41. The maximum Gasteiger partial charge on any atom is 0.137 e. The Kier molecular flexibility index (Phi) is 2.95. The molecule has 3 fully saturated rings. The van der Waals surface area contributed by atoms with Crippen LogP contribution in [0.1, 0.15) is 18.4 Å². The van der Waals surface area contributed by atoms with Crippen LogP contribution in [0.4, 0.5) is 0 Å². The molecule has 2 nitrogen and oxygen atoms in total. The van der Waals surface area contributed by atoms with Crippen LogP contribution in [0.2, 0.25) is 5.02 Å². The van der Waals surface area contributed by atoms with Gasteiger partial charge < -0.3 is 10.0 Å². The third kappa shape index (κ3) is 2.01. The van der Waals surface area contributed by atoms with Gasteiger partial charge >= 0.3 is 0 Å². The van der Waals surface area contributed by atoms with Crippen LogP contribution in [-0.4, -0.2) is 24.3 Å². The fourth-order valence-electron chi connectivity index (χ4n) is 3.00. The lowest BCUT2D eigenvalue weighted by atomic mass is 9.83. The maximum atomic E-state index is 10.3. The molecule has 1 aromatic carbocycles. The summed E-state index contributed by atoms with van der Waals surface area (Å²) in [6.07, 6.45) is 4.10. The van der Waals surface area contributed by atoms with Crippen LogP contribution in [-0.2, 0) is 0 Å². The molecule has 2 N–H and O–H groups in total. The van der Waals surface area contributed by atoms with Crippen LogP contribution in [0, 0.1) is 5.92 Å². The van der Waals surface area contributed by atoms with Gasteiger partial charge in [-0.3, -0.25) is 0 Å². The quantitative estimate of drug-likeness (QED) is 0.773. The van der Waals surface area contributed by atoms with E-state index in [0.29, 0.717) is 5.92 Å². The van der Waals surface area contributed by atoms with E-state index in [1.165, 1.54) is 4.90 Å². The molecule has 3 aliphatic heterocycles. The van der Waals surface area contributed by atoms with Gasteiger partial charge in [-0.2, -0.15) is 0 Å². The molecule has 4 rings (SSSR count). The Morgan fingerprint density at radius 3 is 2.59 bits per heavy atom. The summed E-state index contributed by atoms with van der Waals surface area (Å²) in [6.45, 7) is 2.30. The van der Waals surface area contributed by atoms with E-state index >= 15 is 0 Å². The van der Waals surface area contributed by atoms with Crippen LogP contribution < -0.4 is 4.90 Å². The summed E-state index contributed by atoms with van der Waals surface area (Å²) < 4.78 is 0. The molecule has 3 heterocycles. The van der Waals surface area contributed by atoms with Gasteiger partial charge in [0.25, 0.3) is 0 Å². The van der Waals surface area contributed by atoms with E-state index in [1.54, 1.807) is 0 Å². The summed E-state index contributed by atoms with van der Waals surface area (Å²) in [5, 5.41) is 11.0. The van der Waals surface area contributed by atoms with Gasteiger partial charge in [0.1, 0.15) is 11.8 Å². The fraction of sp³-hybridized carbons (Fsp3) is 0.429. The van der Waals surface area contributed by atoms with Crippen LogP contribution in [0.3, 0.4) is 0 Å². The van der Waals surface area contributed by atoms with Crippen LogP contribution in [0.15, 0.2) is 30.0 Å². The molecule has 0 radical (unpaired) electrons. The largest absolute Gasteiger partial charge is 0.383 e. The molecule has 3 heteroatoms. The Balaban J connectivity index is 1.96. The van der Waals surface area contributed by atoms with Crippen molar-refractivity contribution < 1.29 is 10.0 Å². The lowest BCUT2D eigenvalue weighted by molar-refractivity contribution is -0.880. The maximum absolute atomic E-state index is 10.3. The van der Waals surface area contributed by atoms with Crippen molar-refractivity contribution in [3.63, 3.8) is 0 Å². The summed E-state index contributed by atoms with van der Waals surface area (Å²) in [4.78, 5) is 1.43. The van der Waals surface area contributed by atoms with E-state index in [9.17, 15) is 5.11 Å². The average molecular weight is 251 g/mol. The molecule has 0 amide bonds. The molecule has 0 aliphatic carbocycles. The van der Waals surface area contributed by atoms with Gasteiger partial charge in [0.05, 0.1) is 13.1 Å². The summed E-state index contributed by atoms with van der Waals surface area (Å²) in [7, 11) is 0. The van der Waals surface area contributed by atoms with Crippen molar-refractivity contribution in [2.75, 3.05) is 13.1 Å². The first kappa shape index (κ1) is 11.3. The highest BCUT2D eigenvalue weighted by Gasteiger charge is 2.41. The molecule has 0 saturated carbocycles. The van der Waals surface area contributed by atoms with Gasteiger partial charge in [0, 0.05) is 29.9 Å². The molecule has 3 aliphatic rings. The Morgan fingerprint density at radius 1 is 1.24 bits per heavy atom. The van der Waals surface area contributed by atoms with Gasteiger partial charge in [0.2, 0.25) is 0 Å². The number of nitrogens with one attached hydrogen (secondary N) is 1. The zero-order chi connectivity index (χ0) is 11.8. The minimum absolute atomic E-state index is 0.274. The Labute approximate surface area is 107 Å². The van der Waals surface area contributed by atoms with Gasteiger partial charge in [-0.05, 0) is 11.6 Å². The molecule has 1 aromatic rings. The molecule has 2 bridgehead atoms. The lowest BCUT2D eigenvalue weighted by Gasteiger charge is -2.41. The molecule has 0 aromatic heterocycles. The number of piperidine rings is 3. The van der Waals surface area contributed by atoms with Crippen LogP contribution >= 0.6 is 11.6 Å². The Hall–Kier alpha value is -0.830. The standard InChI is InChI=1S/C14H16ClNO/c15-12-4-2-1-3-11(12)9-13-14(17)10-5-7-16(13)8-6-10/h1-4,9-10,14,17H,5-8H2/p+1/b13-9+/t14-/m1/s1. The van der Waals surface area contributed by atoms with E-state index in [0.717, 1.165) is 42.2 Å². The van der Waals surface area contributed by atoms with E-state index < -0.39 is 0 Å². The number of quaternary nitrogens is 1. The highest BCUT2D eigenvalue weighted by atomic mass is 35.5. The van der Waals surface area contributed by atoms with E-state index in [1.807, 2.05) is 24.3 Å². The molecule has 1 atom stereocenters. The van der Waals surface area contributed by atoms with Crippen LogP contribution in [0.25, 0.3) is 6.08 Å². The van der Waals surface area contributed by atoms with Crippen molar-refractivity contribution in [2.24, 2.45) is 5.92 Å². The minimum atomic E-state index is -0.274. The molecular formula is C14H17ClNO+. The third-order valence-corrected chi connectivity index (χ3v) is 4.37. The zero-order valence-corrected chi connectivity index (χ0v) is 10.5. The first-order valence-corrected chi connectivity index (χ1v) is 6.63. The number of aliphatic hydroxyl groups excluding tert-OH is 1. The van der Waals surface area contributed by atoms with Crippen molar-refractivity contribution in [1.82, 2.24) is 0 Å². The van der Waals surface area contributed by atoms with Crippen molar-refractivity contribution in [2.45, 2.75) is 18.9 Å². The van der Waals surface area contributed by atoms with Gasteiger partial charge in [-0.15, -0.1) is 0 Å². The first-order chi connectivity index (χ1) is 8.25. The highest BCUT2D eigenvalue weighted by Crippen LogP contribution is 2.26. The average Bonchev–Trinajstić information content (AvgIpc) is 2.36. The zero-order valence-electron chi connectivity index (χ0n) is 9.70. The van der Waals surface area contributed by atoms with Gasteiger partial charge in [0.15, 0.2) is 0 Å². The van der Waals surface area contributed by atoms with E-state index in [2.05, 4.69) is 6.08 Å². The number of aliphatic hydroxyl groups is 1. The number of halogens is 1. The predicted molar refractivity (Wildman–Crippen MR) is 68.9 cm³/mol. The molecular weight excluding hydrogens is 234 g/mol. The number of fused-ring (bicyclic) bond motifs is 3. The van der Waals surface area contributed by atoms with E-state index in [4.69, 9.17) is 11.6 Å². The summed E-state index contributed by atoms with van der Waals surface area (Å²) in [6, 6.07) is 7.81. The van der Waals surface area contributed by atoms with Crippen molar-refractivity contribution in [3.8, 4) is 0 Å². The first-order valence-electron chi connectivity index (χ1n) is 6.25. The smallest absolute Gasteiger partial charge is 0.137 e. The monoisotopic (exact) mass is 250 g/mol. The minimum Gasteiger partial charge on any atom is -0.383 e. The van der Waals surface area contributed by atoms with E-state index in [-0.39, 0.29) is 6.10 Å². The molecule has 0 spiro atoms. The topological polar surface area (TPSA) is 24.7 Å². The Bertz CT molecular complexity index is 445. The van der Waals surface area contributed by atoms with Crippen molar-refractivity contribution in [3.05, 3.63) is 40.5 Å². The SMILES string of the molecule is O[C@H]1/C(=C\c2ccccc2Cl)[NH+]2CCC1CC2. The van der Waals surface area contributed by atoms with Crippen LogP contribution in [0.5, 0.6) is 0 Å². The molecule has 17 heavy (non-hydrogen) atoms. The molecule has 90 valence electrons. The number of hydrogen-bond acceptors (Lipinski definition) is 1. The summed E-state index contributed by atoms with van der Waals surface area (Å²) in [5.41, 5.74) is 2.14. The summed E-state index contributed by atoms with van der Waals surface area (Å²) in [5.74, 6) is 0.459.